The molecule has 0 aromatic heterocycles. The van der Waals surface area contributed by atoms with E-state index in [9.17, 15) is 10.1 Å². The molecular weight excluding hydrogens is 356 g/mol. The molecule has 0 N–H and O–H groups in total. The molecule has 2 aromatic rings. The summed E-state index contributed by atoms with van der Waals surface area (Å²) in [4.78, 5) is 11.3. The number of nitro groups is 1. The molecule has 0 aliphatic carbocycles. The lowest BCUT2D eigenvalue weighted by molar-refractivity contribution is -0.387. The van der Waals surface area contributed by atoms with E-state index in [-0.39, 0.29) is 10.6 Å². The summed E-state index contributed by atoms with van der Waals surface area (Å²) in [5, 5.41) is 11.0. The fourth-order valence-corrected chi connectivity index (χ4v) is 3.42. The fourth-order valence-electron chi connectivity index (χ4n) is 1.75. The summed E-state index contributed by atoms with van der Waals surface area (Å²) in [6.07, 6.45) is 0. The number of ether oxygens (including phenoxy) is 1. The van der Waals surface area contributed by atoms with Gasteiger partial charge in [0.1, 0.15) is 10.6 Å². The molecule has 0 heterocycles. The van der Waals surface area contributed by atoms with Crippen molar-refractivity contribution in [1.29, 1.82) is 0 Å². The summed E-state index contributed by atoms with van der Waals surface area (Å²) in [6.45, 7) is 0. The molecule has 0 saturated carbocycles. The second-order valence-corrected chi connectivity index (χ2v) is 6.16. The van der Waals surface area contributed by atoms with E-state index in [4.69, 9.17) is 4.74 Å². The average molecular weight is 369 g/mol. The topological polar surface area (TPSA) is 55.6 Å². The molecule has 0 saturated heterocycles. The van der Waals surface area contributed by atoms with Crippen molar-refractivity contribution >= 4 is 39.3 Å². The van der Waals surface area contributed by atoms with Crippen LogP contribution in [0.5, 0.6) is 5.75 Å². The van der Waals surface area contributed by atoms with Crippen LogP contribution in [0.15, 0.2) is 51.8 Å². The molecule has 0 unspecified atom stereocenters. The number of halogens is 1. The largest absolute Gasteiger partial charge is 0.497 e. The summed E-state index contributed by atoms with van der Waals surface area (Å²) in [5.41, 5.74) is 0.998. The van der Waals surface area contributed by atoms with Gasteiger partial charge in [0.25, 0.3) is 5.69 Å². The van der Waals surface area contributed by atoms with Gasteiger partial charge in [-0.1, -0.05) is 12.1 Å². The number of nitro benzene ring substituents is 1. The number of methoxy groups -OCH3 is 1. The van der Waals surface area contributed by atoms with E-state index in [2.05, 4.69) is 15.9 Å². The summed E-state index contributed by atoms with van der Waals surface area (Å²) in [5.74, 6) is 0.745. The van der Waals surface area contributed by atoms with Crippen LogP contribution >= 0.6 is 27.9 Å². The molecule has 0 bridgehead atoms. The lowest BCUT2D eigenvalue weighted by Crippen LogP contribution is -2.07. The minimum Gasteiger partial charge on any atom is -0.497 e. The SMILES string of the molecule is COc1ccc(N(C)Sc2ccccc2[N+](=O)[O-])c(Br)c1. The number of hydrogen-bond donors (Lipinski definition) is 0. The Morgan fingerprint density at radius 2 is 2.00 bits per heavy atom. The van der Waals surface area contributed by atoms with E-state index in [1.54, 1.807) is 25.3 Å². The number of hydrogen-bond acceptors (Lipinski definition) is 5. The zero-order chi connectivity index (χ0) is 15.4. The highest BCUT2D eigenvalue weighted by atomic mass is 79.9. The van der Waals surface area contributed by atoms with Gasteiger partial charge in [0, 0.05) is 17.6 Å². The zero-order valence-electron chi connectivity index (χ0n) is 11.4. The van der Waals surface area contributed by atoms with Crippen molar-refractivity contribution in [3.8, 4) is 5.75 Å². The maximum Gasteiger partial charge on any atom is 0.284 e. The Morgan fingerprint density at radius 1 is 1.29 bits per heavy atom. The molecule has 7 heteroatoms. The van der Waals surface area contributed by atoms with Crippen LogP contribution in [0, 0.1) is 10.1 Å². The molecule has 2 aromatic carbocycles. The van der Waals surface area contributed by atoms with Gasteiger partial charge in [0.05, 0.1) is 17.7 Å². The molecule has 21 heavy (non-hydrogen) atoms. The molecule has 0 aliphatic rings. The average Bonchev–Trinajstić information content (AvgIpc) is 2.47. The van der Waals surface area contributed by atoms with Gasteiger partial charge in [0.2, 0.25) is 0 Å². The smallest absolute Gasteiger partial charge is 0.284 e. The normalized spacial score (nSPS) is 10.2. The molecular formula is C14H13BrN2O3S. The first-order valence-corrected chi connectivity index (χ1v) is 7.58. The van der Waals surface area contributed by atoms with Crippen molar-refractivity contribution in [2.75, 3.05) is 18.5 Å². The van der Waals surface area contributed by atoms with E-state index in [1.807, 2.05) is 29.6 Å². The molecule has 0 aliphatic heterocycles. The summed E-state index contributed by atoms with van der Waals surface area (Å²) >= 11 is 4.78. The Kier molecular flexibility index (Phi) is 5.08. The highest BCUT2D eigenvalue weighted by Gasteiger charge is 2.16. The first kappa shape index (κ1) is 15.7. The van der Waals surface area contributed by atoms with E-state index in [0.717, 1.165) is 15.9 Å². The highest BCUT2D eigenvalue weighted by Crippen LogP contribution is 2.37. The fraction of sp³-hybridized carbons (Fsp3) is 0.143. The lowest BCUT2D eigenvalue weighted by Gasteiger charge is -2.19. The summed E-state index contributed by atoms with van der Waals surface area (Å²) in [7, 11) is 3.46. The number of para-hydroxylation sites is 1. The van der Waals surface area contributed by atoms with Crippen molar-refractivity contribution in [2.45, 2.75) is 4.90 Å². The quantitative estimate of drug-likeness (QED) is 0.441. The first-order chi connectivity index (χ1) is 10.0. The number of anilines is 1. The second-order valence-electron chi connectivity index (χ2n) is 4.13. The molecule has 0 fully saturated rings. The Morgan fingerprint density at radius 3 is 2.62 bits per heavy atom. The van der Waals surface area contributed by atoms with Crippen molar-refractivity contribution in [1.82, 2.24) is 0 Å². The summed E-state index contributed by atoms with van der Waals surface area (Å²) < 4.78 is 7.88. The molecule has 0 spiro atoms. The van der Waals surface area contributed by atoms with Crippen LogP contribution in [0.25, 0.3) is 0 Å². The third-order valence-electron chi connectivity index (χ3n) is 2.79. The van der Waals surface area contributed by atoms with Crippen molar-refractivity contribution in [2.24, 2.45) is 0 Å². The Labute approximate surface area is 135 Å². The number of benzene rings is 2. The van der Waals surface area contributed by atoms with E-state index in [0.29, 0.717) is 4.90 Å². The Balaban J connectivity index is 2.26. The van der Waals surface area contributed by atoms with Crippen LogP contribution in [0.1, 0.15) is 0 Å². The third-order valence-corrected chi connectivity index (χ3v) is 4.44. The molecule has 110 valence electrons. The molecule has 0 atom stereocenters. The molecule has 2 rings (SSSR count). The predicted molar refractivity (Wildman–Crippen MR) is 88.1 cm³/mol. The van der Waals surface area contributed by atoms with Crippen LogP contribution in [-0.2, 0) is 0 Å². The van der Waals surface area contributed by atoms with E-state index < -0.39 is 0 Å². The number of nitrogens with zero attached hydrogens (tertiary/aromatic N) is 2. The lowest BCUT2D eigenvalue weighted by atomic mass is 10.3. The zero-order valence-corrected chi connectivity index (χ0v) is 13.8. The van der Waals surface area contributed by atoms with Crippen molar-refractivity contribution in [3.05, 3.63) is 57.1 Å². The van der Waals surface area contributed by atoms with Crippen LogP contribution in [0.2, 0.25) is 0 Å². The van der Waals surface area contributed by atoms with Gasteiger partial charge < -0.3 is 9.04 Å². The first-order valence-electron chi connectivity index (χ1n) is 6.01. The van der Waals surface area contributed by atoms with Gasteiger partial charge in [-0.25, -0.2) is 0 Å². The maximum atomic E-state index is 11.0. The summed E-state index contributed by atoms with van der Waals surface area (Å²) in [6, 6.07) is 12.3. The van der Waals surface area contributed by atoms with Gasteiger partial charge in [-0.15, -0.1) is 0 Å². The number of rotatable bonds is 5. The van der Waals surface area contributed by atoms with Crippen LogP contribution in [0.4, 0.5) is 11.4 Å². The van der Waals surface area contributed by atoms with Crippen LogP contribution in [0.3, 0.4) is 0 Å². The highest BCUT2D eigenvalue weighted by molar-refractivity contribution is 9.10. The van der Waals surface area contributed by atoms with Crippen molar-refractivity contribution < 1.29 is 9.66 Å². The Hall–Kier alpha value is -1.73. The van der Waals surface area contributed by atoms with Crippen LogP contribution in [-0.4, -0.2) is 19.1 Å². The van der Waals surface area contributed by atoms with Crippen LogP contribution < -0.4 is 9.04 Å². The van der Waals surface area contributed by atoms with Gasteiger partial charge >= 0.3 is 0 Å². The van der Waals surface area contributed by atoms with E-state index in [1.165, 1.54) is 18.0 Å². The Bertz CT molecular complexity index is 666. The molecule has 0 radical (unpaired) electrons. The standard InChI is InChI=1S/C14H13BrN2O3S/c1-16(12-8-7-10(20-2)9-11(12)15)21-14-6-4-3-5-13(14)17(18)19/h3-9H,1-2H3. The molecule has 0 amide bonds. The monoisotopic (exact) mass is 368 g/mol. The predicted octanol–water partition coefficient (Wildman–Crippen LogP) is 4.51. The van der Waals surface area contributed by atoms with E-state index >= 15 is 0 Å². The van der Waals surface area contributed by atoms with Gasteiger partial charge in [-0.2, -0.15) is 0 Å². The van der Waals surface area contributed by atoms with Gasteiger partial charge in [-0.3, -0.25) is 10.1 Å². The minimum absolute atomic E-state index is 0.0963. The molecule has 5 nitrogen and oxygen atoms in total. The third kappa shape index (κ3) is 3.68. The maximum absolute atomic E-state index is 11.0. The van der Waals surface area contributed by atoms with Gasteiger partial charge in [-0.05, 0) is 52.1 Å². The van der Waals surface area contributed by atoms with Crippen molar-refractivity contribution in [3.63, 3.8) is 0 Å². The second kappa shape index (κ2) is 6.82. The van der Waals surface area contributed by atoms with Gasteiger partial charge in [0.15, 0.2) is 0 Å². The minimum atomic E-state index is -0.376.